The summed E-state index contributed by atoms with van der Waals surface area (Å²) >= 11 is 0. The lowest BCUT2D eigenvalue weighted by molar-refractivity contribution is -0.146. The number of aromatic nitrogens is 3. The molecule has 0 radical (unpaired) electrons. The van der Waals surface area contributed by atoms with Gasteiger partial charge in [0.2, 0.25) is 5.91 Å². The Morgan fingerprint density at radius 1 is 1.14 bits per heavy atom. The van der Waals surface area contributed by atoms with E-state index < -0.39 is 13.9 Å². The van der Waals surface area contributed by atoms with Crippen LogP contribution in [-0.2, 0) is 39.4 Å². The van der Waals surface area contributed by atoms with Gasteiger partial charge in [0.05, 0.1) is 30.6 Å². The van der Waals surface area contributed by atoms with Gasteiger partial charge in [-0.15, -0.1) is 5.10 Å². The Labute approximate surface area is 252 Å². The van der Waals surface area contributed by atoms with Crippen LogP contribution in [0.15, 0.2) is 54.7 Å². The number of carbonyl (C=O) groups is 2. The highest BCUT2D eigenvalue weighted by molar-refractivity contribution is 6.71. The molecule has 2 amide bonds. The van der Waals surface area contributed by atoms with Gasteiger partial charge in [0, 0.05) is 61.6 Å². The van der Waals surface area contributed by atoms with Gasteiger partial charge in [-0.2, -0.15) is 0 Å². The molecule has 3 aliphatic rings. The normalized spacial score (nSPS) is 25.7. The quantitative estimate of drug-likeness (QED) is 0.317. The molecule has 0 unspecified atom stereocenters. The summed E-state index contributed by atoms with van der Waals surface area (Å²) in [6.45, 7) is 8.50. The predicted molar refractivity (Wildman–Crippen MR) is 164 cm³/mol. The number of hydrogen-bond donors (Lipinski definition) is 3. The van der Waals surface area contributed by atoms with Gasteiger partial charge in [0.15, 0.2) is 13.9 Å². The average molecular weight is 605 g/mol. The molecular formula is C31H40N6O5Si. The summed E-state index contributed by atoms with van der Waals surface area (Å²) in [6.07, 6.45) is 2.48. The van der Waals surface area contributed by atoms with Crippen molar-refractivity contribution in [2.75, 3.05) is 36.0 Å². The third-order valence-electron chi connectivity index (χ3n) is 9.17. The second-order valence-electron chi connectivity index (χ2n) is 12.4. The van der Waals surface area contributed by atoms with Crippen LogP contribution < -0.4 is 15.1 Å². The molecule has 228 valence electrons. The molecule has 3 aromatic rings. The number of aryl methyl sites for hydroxylation is 1. The van der Waals surface area contributed by atoms with Gasteiger partial charge in [-0.25, -0.2) is 0 Å². The van der Waals surface area contributed by atoms with Gasteiger partial charge >= 0.3 is 0 Å². The van der Waals surface area contributed by atoms with Crippen LogP contribution in [0, 0.1) is 5.92 Å². The Hall–Kier alpha value is -3.42. The lowest BCUT2D eigenvalue weighted by atomic mass is 9.82. The van der Waals surface area contributed by atoms with E-state index >= 15 is 0 Å². The first kappa shape index (κ1) is 29.6. The van der Waals surface area contributed by atoms with Crippen molar-refractivity contribution >= 4 is 31.5 Å². The van der Waals surface area contributed by atoms with E-state index in [1.807, 2.05) is 74.7 Å². The van der Waals surface area contributed by atoms with Crippen molar-refractivity contribution in [3.05, 3.63) is 71.5 Å². The number of fused-ring (bicyclic) bond motifs is 2. The van der Waals surface area contributed by atoms with Crippen LogP contribution in [0.2, 0.25) is 18.6 Å². The van der Waals surface area contributed by atoms with Gasteiger partial charge in [0.1, 0.15) is 0 Å². The van der Waals surface area contributed by atoms with Gasteiger partial charge in [-0.3, -0.25) is 14.3 Å². The number of nitrogens with one attached hydrogen (secondary N) is 1. The fourth-order valence-electron chi connectivity index (χ4n) is 7.24. The maximum absolute atomic E-state index is 14.5. The van der Waals surface area contributed by atoms with E-state index in [-0.39, 0.29) is 36.0 Å². The Morgan fingerprint density at radius 3 is 2.63 bits per heavy atom. The first-order valence-electron chi connectivity index (χ1n) is 15.0. The van der Waals surface area contributed by atoms with E-state index in [1.165, 1.54) is 0 Å². The number of nitrogens with zero attached hydrogens (tertiary/aromatic N) is 5. The van der Waals surface area contributed by atoms with Crippen molar-refractivity contribution in [2.45, 2.75) is 63.2 Å². The zero-order valence-electron chi connectivity index (χ0n) is 24.9. The van der Waals surface area contributed by atoms with Crippen LogP contribution in [0.25, 0.3) is 0 Å². The highest BCUT2D eigenvalue weighted by atomic mass is 28.4. The van der Waals surface area contributed by atoms with Crippen LogP contribution in [0.4, 0.5) is 11.4 Å². The van der Waals surface area contributed by atoms with Crippen LogP contribution in [0.1, 0.15) is 30.2 Å². The van der Waals surface area contributed by atoms with Crippen molar-refractivity contribution in [1.82, 2.24) is 20.3 Å². The third-order valence-corrected chi connectivity index (χ3v) is 11.7. The minimum absolute atomic E-state index is 0.00877. The van der Waals surface area contributed by atoms with Crippen LogP contribution in [0.5, 0.6) is 0 Å². The molecule has 0 aliphatic carbocycles. The maximum Gasteiger partial charge on any atom is 0.264 e. The molecule has 3 N–H and O–H groups in total. The summed E-state index contributed by atoms with van der Waals surface area (Å²) in [6, 6.07) is 15.7. The Balaban J connectivity index is 1.27. The molecule has 4 heterocycles. The third kappa shape index (κ3) is 5.31. The number of rotatable bonds is 9. The van der Waals surface area contributed by atoms with E-state index in [0.29, 0.717) is 39.0 Å². The molecule has 2 fully saturated rings. The van der Waals surface area contributed by atoms with Crippen molar-refractivity contribution < 1.29 is 24.2 Å². The minimum Gasteiger partial charge on any atom is -0.432 e. The number of aliphatic hydroxyl groups is 1. The van der Waals surface area contributed by atoms with Crippen molar-refractivity contribution in [3.8, 4) is 0 Å². The fourth-order valence-corrected chi connectivity index (χ4v) is 9.84. The first-order chi connectivity index (χ1) is 20.6. The number of benzene rings is 2. The summed E-state index contributed by atoms with van der Waals surface area (Å²) in [5, 5.41) is 20.6. The number of para-hydroxylation sites is 1. The second-order valence-corrected chi connectivity index (χ2v) is 16.4. The Bertz CT molecular complexity index is 1490. The highest BCUT2D eigenvalue weighted by Gasteiger charge is 2.66. The molecule has 2 aromatic carbocycles. The number of aliphatic hydroxyl groups excluding tert-OH is 1. The highest BCUT2D eigenvalue weighted by Crippen LogP contribution is 2.59. The Morgan fingerprint density at radius 2 is 1.91 bits per heavy atom. The van der Waals surface area contributed by atoms with Gasteiger partial charge in [-0.05, 0) is 43.3 Å². The molecule has 43 heavy (non-hydrogen) atoms. The molecule has 11 nitrogen and oxygen atoms in total. The molecule has 4 atom stereocenters. The number of ether oxygens (including phenoxy) is 1. The Kier molecular flexibility index (Phi) is 7.98. The largest absolute Gasteiger partial charge is 0.432 e. The van der Waals surface area contributed by atoms with Gasteiger partial charge < -0.3 is 29.8 Å². The van der Waals surface area contributed by atoms with Crippen LogP contribution >= 0.6 is 0 Å². The SMILES string of the molecule is C[C@H]1[C@H]([Si](C)(C)O)[C@@H](CCn2cc(CCO)nn2)O[C@]12C(=O)N(Cc1ccc(N3CCNCC3=O)cc1)c1ccccc12. The summed E-state index contributed by atoms with van der Waals surface area (Å²) in [5.41, 5.74) is 2.80. The molecule has 1 spiro atoms. The number of amides is 2. The number of piperazine rings is 1. The molecule has 2 saturated heterocycles. The van der Waals surface area contributed by atoms with Crippen molar-refractivity contribution in [3.63, 3.8) is 0 Å². The van der Waals surface area contributed by atoms with E-state index in [9.17, 15) is 19.5 Å². The average Bonchev–Trinajstić information content (AvgIpc) is 3.63. The number of carbonyl (C=O) groups excluding carboxylic acids is 2. The zero-order chi connectivity index (χ0) is 30.4. The van der Waals surface area contributed by atoms with E-state index in [0.717, 1.165) is 34.7 Å². The second kappa shape index (κ2) is 11.6. The van der Waals surface area contributed by atoms with Crippen LogP contribution in [0.3, 0.4) is 0 Å². The summed E-state index contributed by atoms with van der Waals surface area (Å²) in [5.74, 6) is -0.310. The lowest BCUT2D eigenvalue weighted by Gasteiger charge is -2.32. The van der Waals surface area contributed by atoms with Crippen molar-refractivity contribution in [1.29, 1.82) is 0 Å². The van der Waals surface area contributed by atoms with E-state index in [1.54, 1.807) is 14.5 Å². The molecular weight excluding hydrogens is 564 g/mol. The van der Waals surface area contributed by atoms with Gasteiger partial charge in [0.25, 0.3) is 5.91 Å². The molecule has 0 saturated carbocycles. The van der Waals surface area contributed by atoms with Gasteiger partial charge in [-0.1, -0.05) is 42.5 Å². The summed E-state index contributed by atoms with van der Waals surface area (Å²) < 4.78 is 8.62. The molecule has 0 bridgehead atoms. The van der Waals surface area contributed by atoms with E-state index in [4.69, 9.17) is 4.74 Å². The maximum atomic E-state index is 14.5. The predicted octanol–water partition coefficient (Wildman–Crippen LogP) is 2.18. The van der Waals surface area contributed by atoms with Crippen molar-refractivity contribution in [2.24, 2.45) is 5.92 Å². The minimum atomic E-state index is -2.78. The van der Waals surface area contributed by atoms with E-state index in [2.05, 4.69) is 15.6 Å². The lowest BCUT2D eigenvalue weighted by Crippen LogP contribution is -2.48. The molecule has 12 heteroatoms. The molecule has 1 aromatic heterocycles. The fraction of sp³-hybridized carbons (Fsp3) is 0.484. The number of anilines is 2. The topological polar surface area (TPSA) is 133 Å². The number of hydrogen-bond acceptors (Lipinski definition) is 8. The first-order valence-corrected chi connectivity index (χ1v) is 18.1. The van der Waals surface area contributed by atoms with Crippen LogP contribution in [-0.4, -0.2) is 77.4 Å². The summed E-state index contributed by atoms with van der Waals surface area (Å²) in [7, 11) is -2.78. The monoisotopic (exact) mass is 604 g/mol. The standard InChI is InChI=1S/C31H40N6O5Si/c1-21-29(43(2,3)41)27(12-15-35-20-23(13-17-38)33-34-35)42-31(21)25-6-4-5-7-26(25)37(30(31)40)19-22-8-10-24(11-9-22)36-16-14-32-18-28(36)39/h4-11,20-21,27,29,32,38,41H,12-19H2,1-3H3/t21-,27+,29-,31+/m0/s1. The summed E-state index contributed by atoms with van der Waals surface area (Å²) in [4.78, 5) is 42.0. The molecule has 3 aliphatic heterocycles. The zero-order valence-corrected chi connectivity index (χ0v) is 25.9. The smallest absolute Gasteiger partial charge is 0.264 e. The molecule has 6 rings (SSSR count).